The van der Waals surface area contributed by atoms with Crippen LogP contribution in [-0.2, 0) is 12.8 Å². The summed E-state index contributed by atoms with van der Waals surface area (Å²) in [5, 5.41) is 3.08. The van der Waals surface area contributed by atoms with Crippen LogP contribution < -0.4 is 10.1 Å². The number of nitrogens with one attached hydrogen (secondary N) is 1. The van der Waals surface area contributed by atoms with Gasteiger partial charge in [0.15, 0.2) is 5.82 Å². The van der Waals surface area contributed by atoms with Gasteiger partial charge in [0.05, 0.1) is 18.4 Å². The fraction of sp³-hybridized carbons (Fsp3) is 0.261. The Morgan fingerprint density at radius 1 is 1.10 bits per heavy atom. The van der Waals surface area contributed by atoms with Crippen molar-refractivity contribution in [1.82, 2.24) is 9.97 Å². The summed E-state index contributed by atoms with van der Waals surface area (Å²) in [6.07, 6.45) is 3.25. The van der Waals surface area contributed by atoms with E-state index in [0.29, 0.717) is 17.1 Å². The van der Waals surface area contributed by atoms with Crippen LogP contribution in [0.25, 0.3) is 11.4 Å². The van der Waals surface area contributed by atoms with Crippen LogP contribution in [0, 0.1) is 6.92 Å². The first-order chi connectivity index (χ1) is 14.0. The fourth-order valence-corrected chi connectivity index (χ4v) is 3.75. The molecule has 1 aromatic heterocycles. The number of hydrogen-bond donors (Lipinski definition) is 1. The van der Waals surface area contributed by atoms with E-state index in [9.17, 15) is 4.79 Å². The maximum Gasteiger partial charge on any atom is 0.259 e. The summed E-state index contributed by atoms with van der Waals surface area (Å²) in [6.45, 7) is 5.98. The molecule has 3 aromatic rings. The number of anilines is 1. The van der Waals surface area contributed by atoms with Crippen molar-refractivity contribution < 1.29 is 9.53 Å². The molecule has 0 saturated heterocycles. The lowest BCUT2D eigenvalue weighted by molar-refractivity contribution is 0.102. The molecule has 3 rings (SSSR count). The van der Waals surface area contributed by atoms with E-state index in [1.54, 1.807) is 13.3 Å². The van der Waals surface area contributed by atoms with E-state index in [-0.39, 0.29) is 5.91 Å². The third kappa shape index (κ3) is 4.65. The average molecular weight is 454 g/mol. The summed E-state index contributed by atoms with van der Waals surface area (Å²) in [5.74, 6) is 1.15. The molecule has 5 nitrogen and oxygen atoms in total. The van der Waals surface area contributed by atoms with Crippen molar-refractivity contribution in [3.63, 3.8) is 0 Å². The van der Waals surface area contributed by atoms with Gasteiger partial charge in [-0.05, 0) is 67.3 Å². The third-order valence-electron chi connectivity index (χ3n) is 4.84. The zero-order chi connectivity index (χ0) is 21.0. The molecule has 0 atom stereocenters. The second-order valence-electron chi connectivity index (χ2n) is 6.68. The normalized spacial score (nSPS) is 10.7. The highest BCUT2D eigenvalue weighted by Crippen LogP contribution is 2.28. The number of aromatic nitrogens is 2. The van der Waals surface area contributed by atoms with Gasteiger partial charge in [-0.1, -0.05) is 29.8 Å². The summed E-state index contributed by atoms with van der Waals surface area (Å²) in [7, 11) is 1.63. The number of nitrogens with zero attached hydrogens (tertiary/aromatic N) is 2. The Bertz CT molecular complexity index is 1010. The van der Waals surface area contributed by atoms with E-state index in [0.717, 1.165) is 45.4 Å². The minimum Gasteiger partial charge on any atom is -0.497 e. The number of benzene rings is 2. The standard InChI is InChI=1S/C23H24BrN3O2/c1-5-15-11-18(24)12-16(6-2)21(15)27-23(28)20-13-25-22(26-14(20)3)17-7-9-19(29-4)10-8-17/h7-13H,5-6H2,1-4H3,(H,27,28). The number of carbonyl (C=O) groups excluding carboxylic acids is 1. The van der Waals surface area contributed by atoms with Gasteiger partial charge in [0.2, 0.25) is 0 Å². The van der Waals surface area contributed by atoms with Gasteiger partial charge in [-0.15, -0.1) is 0 Å². The van der Waals surface area contributed by atoms with E-state index in [4.69, 9.17) is 4.74 Å². The van der Waals surface area contributed by atoms with Crippen LogP contribution in [0.2, 0.25) is 0 Å². The Morgan fingerprint density at radius 2 is 1.72 bits per heavy atom. The molecule has 29 heavy (non-hydrogen) atoms. The molecule has 0 aliphatic heterocycles. The zero-order valence-electron chi connectivity index (χ0n) is 17.0. The zero-order valence-corrected chi connectivity index (χ0v) is 18.6. The molecule has 1 heterocycles. The van der Waals surface area contributed by atoms with Crippen molar-refractivity contribution >= 4 is 27.5 Å². The lowest BCUT2D eigenvalue weighted by Gasteiger charge is -2.16. The Balaban J connectivity index is 1.89. The first-order valence-corrected chi connectivity index (χ1v) is 10.4. The van der Waals surface area contributed by atoms with Crippen molar-refractivity contribution in [1.29, 1.82) is 0 Å². The smallest absolute Gasteiger partial charge is 0.259 e. The quantitative estimate of drug-likeness (QED) is 0.527. The van der Waals surface area contributed by atoms with Crippen molar-refractivity contribution in [3.05, 3.63) is 69.5 Å². The van der Waals surface area contributed by atoms with Crippen LogP contribution in [-0.4, -0.2) is 23.0 Å². The van der Waals surface area contributed by atoms with Gasteiger partial charge >= 0.3 is 0 Å². The average Bonchev–Trinajstić information content (AvgIpc) is 2.74. The number of hydrogen-bond acceptors (Lipinski definition) is 4. The fourth-order valence-electron chi connectivity index (χ4n) is 3.19. The molecule has 0 bridgehead atoms. The largest absolute Gasteiger partial charge is 0.497 e. The van der Waals surface area contributed by atoms with Gasteiger partial charge in [-0.3, -0.25) is 4.79 Å². The van der Waals surface area contributed by atoms with E-state index >= 15 is 0 Å². The molecule has 0 fully saturated rings. The molecule has 0 radical (unpaired) electrons. The highest BCUT2D eigenvalue weighted by Gasteiger charge is 2.16. The molecular weight excluding hydrogens is 430 g/mol. The van der Waals surface area contributed by atoms with E-state index in [1.165, 1.54) is 0 Å². The Morgan fingerprint density at radius 3 is 2.24 bits per heavy atom. The molecule has 6 heteroatoms. The summed E-state index contributed by atoms with van der Waals surface area (Å²) >= 11 is 3.55. The minimum atomic E-state index is -0.199. The first-order valence-electron chi connectivity index (χ1n) is 9.57. The lowest BCUT2D eigenvalue weighted by Crippen LogP contribution is -2.17. The van der Waals surface area contributed by atoms with Crippen molar-refractivity contribution in [3.8, 4) is 17.1 Å². The molecule has 1 N–H and O–H groups in total. The van der Waals surface area contributed by atoms with Crippen LogP contribution in [0.3, 0.4) is 0 Å². The second kappa shape index (κ2) is 9.18. The molecule has 0 spiro atoms. The van der Waals surface area contributed by atoms with E-state index in [1.807, 2.05) is 43.3 Å². The van der Waals surface area contributed by atoms with Crippen LogP contribution in [0.5, 0.6) is 5.75 Å². The predicted molar refractivity (Wildman–Crippen MR) is 120 cm³/mol. The number of rotatable bonds is 6. The number of methoxy groups -OCH3 is 1. The summed E-state index contributed by atoms with van der Waals surface area (Å²) in [6, 6.07) is 11.6. The van der Waals surface area contributed by atoms with Gasteiger partial charge in [0.1, 0.15) is 5.75 Å². The molecule has 0 aliphatic carbocycles. The Hall–Kier alpha value is -2.73. The SMILES string of the molecule is CCc1cc(Br)cc(CC)c1NC(=O)c1cnc(-c2ccc(OC)cc2)nc1C. The summed E-state index contributed by atoms with van der Waals surface area (Å²) in [5.41, 5.74) is 5.04. The van der Waals surface area contributed by atoms with Gasteiger partial charge in [0, 0.05) is 21.9 Å². The highest BCUT2D eigenvalue weighted by atomic mass is 79.9. The molecule has 0 unspecified atom stereocenters. The maximum atomic E-state index is 13.0. The highest BCUT2D eigenvalue weighted by molar-refractivity contribution is 9.10. The van der Waals surface area contributed by atoms with Gasteiger partial charge in [-0.2, -0.15) is 0 Å². The third-order valence-corrected chi connectivity index (χ3v) is 5.30. The number of carbonyl (C=O) groups is 1. The molecule has 0 saturated carbocycles. The van der Waals surface area contributed by atoms with E-state index in [2.05, 4.69) is 45.1 Å². The van der Waals surface area contributed by atoms with Crippen LogP contribution in [0.15, 0.2) is 47.1 Å². The second-order valence-corrected chi connectivity index (χ2v) is 7.60. The molecule has 1 amide bonds. The number of aryl methyl sites for hydroxylation is 3. The summed E-state index contributed by atoms with van der Waals surface area (Å²) in [4.78, 5) is 21.9. The first kappa shape index (κ1) is 21.0. The van der Waals surface area contributed by atoms with Crippen molar-refractivity contribution in [2.75, 3.05) is 12.4 Å². The van der Waals surface area contributed by atoms with Crippen molar-refractivity contribution in [2.45, 2.75) is 33.6 Å². The summed E-state index contributed by atoms with van der Waals surface area (Å²) < 4.78 is 6.21. The van der Waals surface area contributed by atoms with Crippen LogP contribution >= 0.6 is 15.9 Å². The van der Waals surface area contributed by atoms with Crippen LogP contribution in [0.1, 0.15) is 41.0 Å². The lowest BCUT2D eigenvalue weighted by atomic mass is 10.0. The van der Waals surface area contributed by atoms with Gasteiger partial charge in [0.25, 0.3) is 5.91 Å². The number of halogens is 1. The number of amides is 1. The van der Waals surface area contributed by atoms with Crippen LogP contribution in [0.4, 0.5) is 5.69 Å². The predicted octanol–water partition coefficient (Wildman–Crippen LogP) is 5.60. The monoisotopic (exact) mass is 453 g/mol. The molecule has 0 aliphatic rings. The van der Waals surface area contributed by atoms with Crippen molar-refractivity contribution in [2.24, 2.45) is 0 Å². The Kier molecular flexibility index (Phi) is 6.64. The van der Waals surface area contributed by atoms with Gasteiger partial charge < -0.3 is 10.1 Å². The Labute approximate surface area is 179 Å². The number of ether oxygens (including phenoxy) is 1. The maximum absolute atomic E-state index is 13.0. The van der Waals surface area contributed by atoms with Gasteiger partial charge in [-0.25, -0.2) is 9.97 Å². The topological polar surface area (TPSA) is 64.1 Å². The minimum absolute atomic E-state index is 0.199. The molecule has 150 valence electrons. The van der Waals surface area contributed by atoms with E-state index < -0.39 is 0 Å². The molecular formula is C23H24BrN3O2. The molecule has 2 aromatic carbocycles.